The van der Waals surface area contributed by atoms with Crippen LogP contribution in [0, 0.1) is 0 Å². The molecule has 2 fully saturated rings. The van der Waals surface area contributed by atoms with Gasteiger partial charge < -0.3 is 14.7 Å². The molecular formula is C17H30N2O4. The number of hydrogen-bond donors (Lipinski definition) is 1. The normalized spacial score (nSPS) is 26.2. The SMILES string of the molecule is CN(C(=O)[C@@H]1C[C@@H](O)CN1C(=O)OC(C)(C)C)C1CCCCC1. The fourth-order valence-corrected chi connectivity index (χ4v) is 3.45. The van der Waals surface area contributed by atoms with Crippen molar-refractivity contribution in [2.45, 2.75) is 83.1 Å². The Kier molecular flexibility index (Phi) is 5.55. The van der Waals surface area contributed by atoms with Gasteiger partial charge in [0.05, 0.1) is 12.6 Å². The van der Waals surface area contributed by atoms with E-state index in [0.717, 1.165) is 25.7 Å². The molecule has 6 nitrogen and oxygen atoms in total. The second-order valence-corrected chi connectivity index (χ2v) is 7.78. The van der Waals surface area contributed by atoms with Gasteiger partial charge in [-0.3, -0.25) is 9.69 Å². The van der Waals surface area contributed by atoms with Gasteiger partial charge in [-0.1, -0.05) is 19.3 Å². The van der Waals surface area contributed by atoms with Crippen LogP contribution in [-0.2, 0) is 9.53 Å². The minimum Gasteiger partial charge on any atom is -0.444 e. The molecule has 1 saturated heterocycles. The highest BCUT2D eigenvalue weighted by Gasteiger charge is 2.42. The van der Waals surface area contributed by atoms with E-state index in [1.54, 1.807) is 25.7 Å². The van der Waals surface area contributed by atoms with Gasteiger partial charge in [0, 0.05) is 19.5 Å². The van der Waals surface area contributed by atoms with Crippen LogP contribution in [0.3, 0.4) is 0 Å². The third-order valence-corrected chi connectivity index (χ3v) is 4.66. The lowest BCUT2D eigenvalue weighted by molar-refractivity contribution is -0.137. The summed E-state index contributed by atoms with van der Waals surface area (Å²) in [6.07, 6.45) is 4.64. The summed E-state index contributed by atoms with van der Waals surface area (Å²) in [4.78, 5) is 28.3. The quantitative estimate of drug-likeness (QED) is 0.844. The molecule has 2 atom stereocenters. The van der Waals surface area contributed by atoms with E-state index in [1.165, 1.54) is 11.3 Å². The van der Waals surface area contributed by atoms with E-state index < -0.39 is 23.8 Å². The fourth-order valence-electron chi connectivity index (χ4n) is 3.45. The molecule has 2 amide bonds. The van der Waals surface area contributed by atoms with Crippen molar-refractivity contribution >= 4 is 12.0 Å². The fraction of sp³-hybridized carbons (Fsp3) is 0.882. The third-order valence-electron chi connectivity index (χ3n) is 4.66. The van der Waals surface area contributed by atoms with Crippen molar-refractivity contribution in [3.63, 3.8) is 0 Å². The molecule has 2 rings (SSSR count). The number of aliphatic hydroxyl groups is 1. The highest BCUT2D eigenvalue weighted by Crippen LogP contribution is 2.26. The van der Waals surface area contributed by atoms with Gasteiger partial charge in [-0.2, -0.15) is 0 Å². The first-order valence-electron chi connectivity index (χ1n) is 8.63. The number of ether oxygens (including phenoxy) is 1. The molecule has 0 spiro atoms. The van der Waals surface area contributed by atoms with Crippen molar-refractivity contribution in [1.82, 2.24) is 9.80 Å². The molecule has 1 aliphatic carbocycles. The predicted octanol–water partition coefficient (Wildman–Crippen LogP) is 2.15. The lowest BCUT2D eigenvalue weighted by Gasteiger charge is -2.35. The number of nitrogens with zero attached hydrogens (tertiary/aromatic N) is 2. The Morgan fingerprint density at radius 3 is 2.35 bits per heavy atom. The molecule has 0 aromatic carbocycles. The van der Waals surface area contributed by atoms with Crippen LogP contribution in [0.1, 0.15) is 59.3 Å². The first-order valence-corrected chi connectivity index (χ1v) is 8.63. The van der Waals surface area contributed by atoms with Crippen molar-refractivity contribution in [1.29, 1.82) is 0 Å². The molecule has 2 aliphatic rings. The number of carbonyl (C=O) groups is 2. The van der Waals surface area contributed by atoms with Crippen molar-refractivity contribution in [3.05, 3.63) is 0 Å². The lowest BCUT2D eigenvalue weighted by atomic mass is 9.94. The molecule has 132 valence electrons. The Morgan fingerprint density at radius 2 is 1.78 bits per heavy atom. The zero-order chi connectivity index (χ0) is 17.2. The van der Waals surface area contributed by atoms with Crippen molar-refractivity contribution < 1.29 is 19.4 Å². The summed E-state index contributed by atoms with van der Waals surface area (Å²) in [5.41, 5.74) is -0.618. The Balaban J connectivity index is 2.05. The minimum absolute atomic E-state index is 0.0840. The van der Waals surface area contributed by atoms with E-state index in [-0.39, 0.29) is 24.9 Å². The standard InChI is InChI=1S/C17H30N2O4/c1-17(2,3)23-16(22)19-11-13(20)10-14(19)15(21)18(4)12-8-6-5-7-9-12/h12-14,20H,5-11H2,1-4H3/t13-,14+/m1/s1. The van der Waals surface area contributed by atoms with E-state index in [4.69, 9.17) is 4.74 Å². The van der Waals surface area contributed by atoms with Crippen LogP contribution in [-0.4, -0.2) is 64.3 Å². The molecular weight excluding hydrogens is 296 g/mol. The van der Waals surface area contributed by atoms with Crippen LogP contribution in [0.5, 0.6) is 0 Å². The smallest absolute Gasteiger partial charge is 0.411 e. The van der Waals surface area contributed by atoms with Crippen LogP contribution in [0.2, 0.25) is 0 Å². The molecule has 1 heterocycles. The Hall–Kier alpha value is -1.30. The van der Waals surface area contributed by atoms with Gasteiger partial charge in [-0.05, 0) is 33.6 Å². The topological polar surface area (TPSA) is 70.1 Å². The summed E-state index contributed by atoms with van der Waals surface area (Å²) in [5, 5.41) is 9.94. The molecule has 1 N–H and O–H groups in total. The number of aliphatic hydroxyl groups excluding tert-OH is 1. The highest BCUT2D eigenvalue weighted by molar-refractivity contribution is 5.86. The summed E-state index contributed by atoms with van der Waals surface area (Å²) < 4.78 is 5.38. The Labute approximate surface area is 138 Å². The van der Waals surface area contributed by atoms with Crippen LogP contribution >= 0.6 is 0 Å². The molecule has 0 radical (unpaired) electrons. The predicted molar refractivity (Wildman–Crippen MR) is 87.0 cm³/mol. The average molecular weight is 326 g/mol. The third kappa shape index (κ3) is 4.59. The number of rotatable bonds is 2. The monoisotopic (exact) mass is 326 g/mol. The molecule has 1 saturated carbocycles. The molecule has 0 unspecified atom stereocenters. The molecule has 1 aliphatic heterocycles. The second-order valence-electron chi connectivity index (χ2n) is 7.78. The van der Waals surface area contributed by atoms with Crippen molar-refractivity contribution in [2.75, 3.05) is 13.6 Å². The first kappa shape index (κ1) is 18.0. The number of carbonyl (C=O) groups excluding carboxylic acids is 2. The van der Waals surface area contributed by atoms with Crippen LogP contribution in [0.15, 0.2) is 0 Å². The van der Waals surface area contributed by atoms with Gasteiger partial charge in [0.2, 0.25) is 5.91 Å². The molecule has 0 aromatic rings. The summed E-state index contributed by atoms with van der Waals surface area (Å²) in [7, 11) is 1.82. The van der Waals surface area contributed by atoms with E-state index in [0.29, 0.717) is 0 Å². The van der Waals surface area contributed by atoms with E-state index in [9.17, 15) is 14.7 Å². The largest absolute Gasteiger partial charge is 0.444 e. The maximum Gasteiger partial charge on any atom is 0.411 e. The van der Waals surface area contributed by atoms with Crippen LogP contribution in [0.25, 0.3) is 0 Å². The maximum absolute atomic E-state index is 12.8. The molecule has 0 bridgehead atoms. The summed E-state index contributed by atoms with van der Waals surface area (Å²) >= 11 is 0. The summed E-state index contributed by atoms with van der Waals surface area (Å²) in [5.74, 6) is -0.0840. The van der Waals surface area contributed by atoms with Gasteiger partial charge >= 0.3 is 6.09 Å². The van der Waals surface area contributed by atoms with Crippen LogP contribution < -0.4 is 0 Å². The zero-order valence-corrected chi connectivity index (χ0v) is 14.7. The minimum atomic E-state index is -0.670. The lowest BCUT2D eigenvalue weighted by Crippen LogP contribution is -2.50. The van der Waals surface area contributed by atoms with Crippen molar-refractivity contribution in [2.24, 2.45) is 0 Å². The highest BCUT2D eigenvalue weighted by atomic mass is 16.6. The zero-order valence-electron chi connectivity index (χ0n) is 14.7. The van der Waals surface area contributed by atoms with Crippen molar-refractivity contribution in [3.8, 4) is 0 Å². The molecule has 23 heavy (non-hydrogen) atoms. The number of likely N-dealkylation sites (N-methyl/N-ethyl adjacent to an activating group) is 1. The van der Waals surface area contributed by atoms with Gasteiger partial charge in [-0.25, -0.2) is 4.79 Å². The van der Waals surface area contributed by atoms with E-state index in [1.807, 2.05) is 7.05 Å². The Bertz CT molecular complexity index is 440. The van der Waals surface area contributed by atoms with Gasteiger partial charge in [0.25, 0.3) is 0 Å². The maximum atomic E-state index is 12.8. The van der Waals surface area contributed by atoms with E-state index in [2.05, 4.69) is 0 Å². The average Bonchev–Trinajstić information content (AvgIpc) is 2.87. The second kappa shape index (κ2) is 7.07. The number of amides is 2. The van der Waals surface area contributed by atoms with Crippen LogP contribution in [0.4, 0.5) is 4.79 Å². The summed E-state index contributed by atoms with van der Waals surface area (Å²) in [6.45, 7) is 5.54. The number of likely N-dealkylation sites (tertiary alicyclic amines) is 1. The Morgan fingerprint density at radius 1 is 1.17 bits per heavy atom. The molecule has 6 heteroatoms. The first-order chi connectivity index (χ1) is 10.7. The van der Waals surface area contributed by atoms with Gasteiger partial charge in [-0.15, -0.1) is 0 Å². The summed E-state index contributed by atoms with van der Waals surface area (Å²) in [6, 6.07) is -0.374. The van der Waals surface area contributed by atoms with Gasteiger partial charge in [0.1, 0.15) is 11.6 Å². The number of β-amino-alcohol motifs (C(OH)–C–C–N with tert-alkyl or cyclic N) is 1. The molecule has 0 aromatic heterocycles. The van der Waals surface area contributed by atoms with E-state index >= 15 is 0 Å². The number of hydrogen-bond acceptors (Lipinski definition) is 4. The van der Waals surface area contributed by atoms with Gasteiger partial charge in [0.15, 0.2) is 0 Å².